The molecule has 0 atom stereocenters. The van der Waals surface area contributed by atoms with E-state index in [1.165, 1.54) is 11.3 Å². The standard InChI is InChI=1S/C28H35N3O/c1-25(2,3)22-12-11-16-18(29-22)14-23(26(4,5)6)31-20-15-21-17(13-19(20)30-24(16)31)27(7,8)28(9,10)32-21/h11-15H,1-10H3. The van der Waals surface area contributed by atoms with Gasteiger partial charge in [-0.3, -0.25) is 9.38 Å². The van der Waals surface area contributed by atoms with Gasteiger partial charge in [-0.25, -0.2) is 4.98 Å². The Morgan fingerprint density at radius 1 is 0.812 bits per heavy atom. The molecule has 0 N–H and O–H groups in total. The summed E-state index contributed by atoms with van der Waals surface area (Å²) >= 11 is 0. The van der Waals surface area contributed by atoms with Crippen molar-refractivity contribution in [1.82, 2.24) is 14.4 Å². The molecule has 0 radical (unpaired) electrons. The van der Waals surface area contributed by atoms with E-state index in [1.54, 1.807) is 0 Å². The van der Waals surface area contributed by atoms with Crippen LogP contribution in [0.2, 0.25) is 0 Å². The van der Waals surface area contributed by atoms with Crippen LogP contribution in [0, 0.1) is 0 Å². The van der Waals surface area contributed by atoms with Crippen LogP contribution in [0.15, 0.2) is 30.3 Å². The van der Waals surface area contributed by atoms with E-state index in [0.29, 0.717) is 0 Å². The number of nitrogens with zero attached hydrogens (tertiary/aromatic N) is 3. The largest absolute Gasteiger partial charge is 0.487 e. The van der Waals surface area contributed by atoms with Gasteiger partial charge >= 0.3 is 0 Å². The van der Waals surface area contributed by atoms with Gasteiger partial charge in [0.2, 0.25) is 0 Å². The minimum absolute atomic E-state index is 0.00111. The number of pyridine rings is 2. The monoisotopic (exact) mass is 429 g/mol. The van der Waals surface area contributed by atoms with Gasteiger partial charge in [0.25, 0.3) is 0 Å². The van der Waals surface area contributed by atoms with E-state index in [0.717, 1.165) is 39.0 Å². The van der Waals surface area contributed by atoms with Crippen LogP contribution in [0.1, 0.15) is 86.2 Å². The zero-order valence-electron chi connectivity index (χ0n) is 21.1. The summed E-state index contributed by atoms with van der Waals surface area (Å²) < 4.78 is 8.77. The highest BCUT2D eigenvalue weighted by Gasteiger charge is 2.48. The molecule has 0 aliphatic carbocycles. The highest BCUT2D eigenvalue weighted by atomic mass is 16.5. The molecule has 1 aromatic carbocycles. The van der Waals surface area contributed by atoms with Gasteiger partial charge < -0.3 is 4.74 Å². The molecule has 4 nitrogen and oxygen atoms in total. The molecular weight excluding hydrogens is 394 g/mol. The fourth-order valence-corrected chi connectivity index (χ4v) is 4.77. The van der Waals surface area contributed by atoms with Crippen molar-refractivity contribution in [1.29, 1.82) is 0 Å². The van der Waals surface area contributed by atoms with Crippen molar-refractivity contribution in [2.75, 3.05) is 0 Å². The maximum atomic E-state index is 6.45. The second-order valence-electron chi connectivity index (χ2n) is 12.5. The molecule has 1 aliphatic rings. The SMILES string of the molecule is CC(C)(C)c1ccc2c(cc(C(C)(C)C)n3c4cc5c(cc4nc23)C(C)(C)C(C)(C)O5)n1. The number of imidazole rings is 1. The van der Waals surface area contributed by atoms with Crippen molar-refractivity contribution in [2.24, 2.45) is 0 Å². The predicted octanol–water partition coefficient (Wildman–Crippen LogP) is 7.08. The molecule has 0 saturated heterocycles. The molecule has 0 amide bonds. The first-order chi connectivity index (χ1) is 14.6. The van der Waals surface area contributed by atoms with Gasteiger partial charge in [0.15, 0.2) is 0 Å². The van der Waals surface area contributed by atoms with E-state index in [9.17, 15) is 0 Å². The van der Waals surface area contributed by atoms with Crippen molar-refractivity contribution in [3.05, 3.63) is 47.3 Å². The number of ether oxygens (including phenoxy) is 1. The van der Waals surface area contributed by atoms with Crippen molar-refractivity contribution in [3.8, 4) is 5.75 Å². The van der Waals surface area contributed by atoms with Crippen LogP contribution in [-0.2, 0) is 16.2 Å². The van der Waals surface area contributed by atoms with Crippen molar-refractivity contribution in [2.45, 2.75) is 91.1 Å². The number of aromatic nitrogens is 3. The first kappa shape index (κ1) is 21.2. The van der Waals surface area contributed by atoms with E-state index < -0.39 is 0 Å². The minimum atomic E-state index is -0.262. The Morgan fingerprint density at radius 2 is 1.50 bits per heavy atom. The Bertz CT molecular complexity index is 1410. The van der Waals surface area contributed by atoms with Gasteiger partial charge in [-0.05, 0) is 38.1 Å². The molecule has 5 rings (SSSR count). The van der Waals surface area contributed by atoms with E-state index in [2.05, 4.69) is 104 Å². The predicted molar refractivity (Wildman–Crippen MR) is 133 cm³/mol. The number of fused-ring (bicyclic) bond motifs is 6. The van der Waals surface area contributed by atoms with E-state index in [4.69, 9.17) is 14.7 Å². The van der Waals surface area contributed by atoms with Gasteiger partial charge in [-0.1, -0.05) is 55.4 Å². The molecule has 0 saturated carbocycles. The van der Waals surface area contributed by atoms with Crippen LogP contribution < -0.4 is 4.74 Å². The highest BCUT2D eigenvalue weighted by Crippen LogP contribution is 2.50. The highest BCUT2D eigenvalue weighted by molar-refractivity contribution is 5.98. The molecule has 1 aliphatic heterocycles. The second-order valence-corrected chi connectivity index (χ2v) is 12.5. The topological polar surface area (TPSA) is 39.4 Å². The summed E-state index contributed by atoms with van der Waals surface area (Å²) in [6.07, 6.45) is 0. The van der Waals surface area contributed by atoms with Crippen LogP contribution >= 0.6 is 0 Å². The van der Waals surface area contributed by atoms with Gasteiger partial charge in [0.1, 0.15) is 17.0 Å². The molecule has 0 spiro atoms. The van der Waals surface area contributed by atoms with Crippen LogP contribution in [0.5, 0.6) is 5.75 Å². The quantitative estimate of drug-likeness (QED) is 0.300. The van der Waals surface area contributed by atoms with E-state index in [1.807, 2.05) is 0 Å². The zero-order valence-corrected chi connectivity index (χ0v) is 21.1. The van der Waals surface area contributed by atoms with Crippen LogP contribution in [0.3, 0.4) is 0 Å². The molecule has 0 unspecified atom stereocenters. The number of rotatable bonds is 0. The van der Waals surface area contributed by atoms with Gasteiger partial charge in [0, 0.05) is 44.6 Å². The summed E-state index contributed by atoms with van der Waals surface area (Å²) in [6, 6.07) is 11.0. The summed E-state index contributed by atoms with van der Waals surface area (Å²) in [4.78, 5) is 10.2. The summed E-state index contributed by atoms with van der Waals surface area (Å²) in [5.41, 5.74) is 7.19. The lowest BCUT2D eigenvalue weighted by Gasteiger charge is -2.33. The maximum absolute atomic E-state index is 6.45. The third-order valence-corrected chi connectivity index (χ3v) is 7.52. The van der Waals surface area contributed by atoms with Gasteiger partial charge in [0.05, 0.1) is 16.6 Å². The molecule has 4 aromatic rings. The lowest BCUT2D eigenvalue weighted by molar-refractivity contribution is 0.0713. The summed E-state index contributed by atoms with van der Waals surface area (Å²) in [5.74, 6) is 0.968. The summed E-state index contributed by atoms with van der Waals surface area (Å²) in [5, 5.41) is 1.09. The third kappa shape index (κ3) is 2.81. The minimum Gasteiger partial charge on any atom is -0.487 e. The molecule has 168 valence electrons. The average molecular weight is 430 g/mol. The number of hydrogen-bond acceptors (Lipinski definition) is 3. The number of hydrogen-bond donors (Lipinski definition) is 0. The molecule has 4 heteroatoms. The first-order valence-electron chi connectivity index (χ1n) is 11.6. The van der Waals surface area contributed by atoms with Crippen molar-refractivity contribution < 1.29 is 4.74 Å². The molecule has 4 heterocycles. The van der Waals surface area contributed by atoms with E-state index in [-0.39, 0.29) is 21.8 Å². The Morgan fingerprint density at radius 3 is 2.12 bits per heavy atom. The lowest BCUT2D eigenvalue weighted by atomic mass is 9.74. The third-order valence-electron chi connectivity index (χ3n) is 7.52. The Labute approximate surface area is 191 Å². The molecule has 0 fully saturated rings. The lowest BCUT2D eigenvalue weighted by Crippen LogP contribution is -2.41. The van der Waals surface area contributed by atoms with Crippen LogP contribution in [-0.4, -0.2) is 20.0 Å². The first-order valence-corrected chi connectivity index (χ1v) is 11.6. The molecule has 3 aromatic heterocycles. The number of benzene rings is 1. The summed E-state index contributed by atoms with van der Waals surface area (Å²) in [6.45, 7) is 22.2. The van der Waals surface area contributed by atoms with Gasteiger partial charge in [-0.15, -0.1) is 0 Å². The second kappa shape index (κ2) is 6.03. The van der Waals surface area contributed by atoms with E-state index >= 15 is 0 Å². The van der Waals surface area contributed by atoms with Gasteiger partial charge in [-0.2, -0.15) is 0 Å². The maximum Gasteiger partial charge on any atom is 0.147 e. The smallest absolute Gasteiger partial charge is 0.147 e. The van der Waals surface area contributed by atoms with Crippen LogP contribution in [0.4, 0.5) is 0 Å². The Hall–Kier alpha value is -2.62. The Balaban J connectivity index is 1.91. The molecule has 0 bridgehead atoms. The molecule has 32 heavy (non-hydrogen) atoms. The molecular formula is C28H35N3O. The zero-order chi connectivity index (χ0) is 23.4. The van der Waals surface area contributed by atoms with Crippen molar-refractivity contribution in [3.63, 3.8) is 0 Å². The Kier molecular flexibility index (Phi) is 4.00. The fraction of sp³-hybridized carbons (Fsp3) is 0.500. The van der Waals surface area contributed by atoms with Crippen molar-refractivity contribution >= 4 is 27.6 Å². The fourth-order valence-electron chi connectivity index (χ4n) is 4.77. The normalized spacial score (nSPS) is 17.8. The summed E-state index contributed by atoms with van der Waals surface area (Å²) in [7, 11) is 0. The van der Waals surface area contributed by atoms with Crippen LogP contribution in [0.25, 0.3) is 27.6 Å². The average Bonchev–Trinajstić information content (AvgIpc) is 3.10.